The molecule has 0 fully saturated rings. The minimum absolute atomic E-state index is 0.191. The van der Waals surface area contributed by atoms with Gasteiger partial charge in [-0.05, 0) is 36.8 Å². The third-order valence-corrected chi connectivity index (χ3v) is 3.57. The number of likely N-dealkylation sites (N-methyl/N-ethyl adjacent to an activating group) is 1. The maximum Gasteiger partial charge on any atom is 0.101 e. The molecule has 0 heterocycles. The van der Waals surface area contributed by atoms with Crippen molar-refractivity contribution in [2.24, 2.45) is 10.3 Å². The van der Waals surface area contributed by atoms with E-state index in [1.807, 2.05) is 37.3 Å². The molecule has 0 aliphatic heterocycles. The van der Waals surface area contributed by atoms with Crippen LogP contribution < -0.4 is 0 Å². The van der Waals surface area contributed by atoms with Gasteiger partial charge in [0.05, 0.1) is 11.7 Å². The van der Waals surface area contributed by atoms with Gasteiger partial charge in [0.15, 0.2) is 0 Å². The Labute approximate surface area is 129 Å². The van der Waals surface area contributed by atoms with Gasteiger partial charge >= 0.3 is 0 Å². The SMILES string of the molecule is CC([C@@H](O)c1ccccc1)N(C)N=Nc1ccc(Cl)cc1. The second-order valence-electron chi connectivity index (χ2n) is 4.84. The number of nitrogens with zero attached hydrogens (tertiary/aromatic N) is 3. The Balaban J connectivity index is 2.02. The number of benzene rings is 2. The highest BCUT2D eigenvalue weighted by Crippen LogP contribution is 2.21. The van der Waals surface area contributed by atoms with E-state index in [2.05, 4.69) is 10.3 Å². The molecule has 2 aromatic carbocycles. The number of halogens is 1. The van der Waals surface area contributed by atoms with E-state index < -0.39 is 6.10 Å². The summed E-state index contributed by atoms with van der Waals surface area (Å²) in [7, 11) is 1.79. The number of aliphatic hydroxyl groups excluding tert-OH is 1. The summed E-state index contributed by atoms with van der Waals surface area (Å²) in [6.45, 7) is 1.90. The van der Waals surface area contributed by atoms with Crippen LogP contribution in [0.25, 0.3) is 0 Å². The predicted octanol–water partition coefficient (Wildman–Crippen LogP) is 4.39. The Morgan fingerprint density at radius 3 is 2.29 bits per heavy atom. The van der Waals surface area contributed by atoms with E-state index in [1.165, 1.54) is 0 Å². The Morgan fingerprint density at radius 2 is 1.67 bits per heavy atom. The molecule has 2 atom stereocenters. The van der Waals surface area contributed by atoms with Crippen molar-refractivity contribution in [1.82, 2.24) is 5.01 Å². The third-order valence-electron chi connectivity index (χ3n) is 3.32. The zero-order chi connectivity index (χ0) is 15.2. The molecule has 21 heavy (non-hydrogen) atoms. The summed E-state index contributed by atoms with van der Waals surface area (Å²) in [5.41, 5.74) is 1.58. The summed E-state index contributed by atoms with van der Waals surface area (Å²) in [5.74, 6) is 0. The fourth-order valence-electron chi connectivity index (χ4n) is 1.84. The first-order valence-electron chi connectivity index (χ1n) is 6.71. The highest BCUT2D eigenvalue weighted by molar-refractivity contribution is 6.30. The van der Waals surface area contributed by atoms with Gasteiger partial charge in [0.2, 0.25) is 0 Å². The van der Waals surface area contributed by atoms with Crippen molar-refractivity contribution in [2.75, 3.05) is 7.05 Å². The fourth-order valence-corrected chi connectivity index (χ4v) is 1.97. The monoisotopic (exact) mass is 303 g/mol. The molecule has 0 radical (unpaired) electrons. The maximum atomic E-state index is 10.3. The quantitative estimate of drug-likeness (QED) is 0.657. The standard InChI is InChI=1S/C16H18ClN3O/c1-12(16(21)13-6-4-3-5-7-13)20(2)19-18-15-10-8-14(17)9-11-15/h3-12,16,21H,1-2H3/t12?,16-/m1/s1. The summed E-state index contributed by atoms with van der Waals surface area (Å²) >= 11 is 5.82. The van der Waals surface area contributed by atoms with Crippen LogP contribution >= 0.6 is 11.6 Å². The van der Waals surface area contributed by atoms with E-state index in [9.17, 15) is 5.11 Å². The Hall–Kier alpha value is -1.91. The Morgan fingerprint density at radius 1 is 1.05 bits per heavy atom. The molecule has 0 aromatic heterocycles. The largest absolute Gasteiger partial charge is 0.386 e. The lowest BCUT2D eigenvalue weighted by atomic mass is 10.0. The van der Waals surface area contributed by atoms with Gasteiger partial charge in [-0.3, -0.25) is 5.01 Å². The molecular formula is C16H18ClN3O. The average Bonchev–Trinajstić information content (AvgIpc) is 2.53. The van der Waals surface area contributed by atoms with Crippen molar-refractivity contribution < 1.29 is 5.11 Å². The fraction of sp³-hybridized carbons (Fsp3) is 0.250. The summed E-state index contributed by atoms with van der Waals surface area (Å²) in [5, 5.41) is 20.9. The van der Waals surface area contributed by atoms with E-state index in [0.717, 1.165) is 5.56 Å². The molecule has 2 rings (SSSR count). The van der Waals surface area contributed by atoms with Gasteiger partial charge in [0, 0.05) is 12.1 Å². The van der Waals surface area contributed by atoms with Crippen LogP contribution in [0.1, 0.15) is 18.6 Å². The van der Waals surface area contributed by atoms with E-state index >= 15 is 0 Å². The number of rotatable bonds is 5. The molecule has 0 spiro atoms. The predicted molar refractivity (Wildman–Crippen MR) is 84.6 cm³/mol. The van der Waals surface area contributed by atoms with Crippen LogP contribution in [0, 0.1) is 0 Å². The summed E-state index contributed by atoms with van der Waals surface area (Å²) in [6.07, 6.45) is -0.625. The molecule has 2 aromatic rings. The van der Waals surface area contributed by atoms with E-state index in [0.29, 0.717) is 10.7 Å². The van der Waals surface area contributed by atoms with Crippen molar-refractivity contribution >= 4 is 17.3 Å². The summed E-state index contributed by atoms with van der Waals surface area (Å²) in [6, 6.07) is 16.4. The van der Waals surface area contributed by atoms with Gasteiger partial charge in [0.1, 0.15) is 6.10 Å². The first-order valence-corrected chi connectivity index (χ1v) is 7.09. The van der Waals surface area contributed by atoms with Crippen molar-refractivity contribution in [2.45, 2.75) is 19.1 Å². The molecule has 110 valence electrons. The minimum Gasteiger partial charge on any atom is -0.386 e. The number of aliphatic hydroxyl groups is 1. The van der Waals surface area contributed by atoms with Crippen molar-refractivity contribution in [1.29, 1.82) is 0 Å². The Kier molecular flexibility index (Phi) is 5.31. The van der Waals surface area contributed by atoms with E-state index in [-0.39, 0.29) is 6.04 Å². The lowest BCUT2D eigenvalue weighted by molar-refractivity contribution is 0.0701. The highest BCUT2D eigenvalue weighted by atomic mass is 35.5. The summed E-state index contributed by atoms with van der Waals surface area (Å²) in [4.78, 5) is 0. The lowest BCUT2D eigenvalue weighted by Crippen LogP contribution is -2.30. The van der Waals surface area contributed by atoms with Crippen LogP contribution in [0.15, 0.2) is 64.9 Å². The molecule has 0 saturated carbocycles. The molecule has 0 bridgehead atoms. The van der Waals surface area contributed by atoms with Crippen molar-refractivity contribution in [3.05, 3.63) is 65.2 Å². The minimum atomic E-state index is -0.625. The molecule has 5 heteroatoms. The topological polar surface area (TPSA) is 48.2 Å². The van der Waals surface area contributed by atoms with E-state index in [1.54, 1.807) is 36.3 Å². The smallest absolute Gasteiger partial charge is 0.101 e. The van der Waals surface area contributed by atoms with Crippen molar-refractivity contribution in [3.63, 3.8) is 0 Å². The van der Waals surface area contributed by atoms with Crippen LogP contribution in [0.5, 0.6) is 0 Å². The Bertz CT molecular complexity index is 586. The molecule has 1 unspecified atom stereocenters. The van der Waals surface area contributed by atoms with Gasteiger partial charge in [0.25, 0.3) is 0 Å². The first kappa shape index (κ1) is 15.5. The van der Waals surface area contributed by atoms with Crippen LogP contribution in [0.2, 0.25) is 5.02 Å². The van der Waals surface area contributed by atoms with Gasteiger partial charge in [-0.1, -0.05) is 47.2 Å². The molecule has 0 saturated heterocycles. The van der Waals surface area contributed by atoms with Crippen LogP contribution in [-0.2, 0) is 0 Å². The molecule has 0 amide bonds. The van der Waals surface area contributed by atoms with Crippen LogP contribution in [0.3, 0.4) is 0 Å². The normalized spacial score (nSPS) is 14.1. The molecule has 4 nitrogen and oxygen atoms in total. The van der Waals surface area contributed by atoms with Gasteiger partial charge < -0.3 is 5.11 Å². The number of hydrogen-bond acceptors (Lipinski definition) is 3. The second-order valence-corrected chi connectivity index (χ2v) is 5.27. The molecule has 0 aliphatic carbocycles. The average molecular weight is 304 g/mol. The lowest BCUT2D eigenvalue weighted by Gasteiger charge is -2.25. The first-order chi connectivity index (χ1) is 10.1. The van der Waals surface area contributed by atoms with Crippen molar-refractivity contribution in [3.8, 4) is 0 Å². The van der Waals surface area contributed by atoms with E-state index in [4.69, 9.17) is 11.6 Å². The van der Waals surface area contributed by atoms with Crippen LogP contribution in [-0.4, -0.2) is 23.2 Å². The second kappa shape index (κ2) is 7.20. The van der Waals surface area contributed by atoms with Gasteiger partial charge in [-0.15, -0.1) is 5.11 Å². The molecular weight excluding hydrogens is 286 g/mol. The highest BCUT2D eigenvalue weighted by Gasteiger charge is 2.19. The zero-order valence-corrected chi connectivity index (χ0v) is 12.8. The van der Waals surface area contributed by atoms with Gasteiger partial charge in [-0.25, -0.2) is 0 Å². The third kappa shape index (κ3) is 4.28. The molecule has 0 aliphatic rings. The number of hydrogen-bond donors (Lipinski definition) is 1. The summed E-state index contributed by atoms with van der Waals surface area (Å²) < 4.78 is 0. The van der Waals surface area contributed by atoms with Gasteiger partial charge in [-0.2, -0.15) is 0 Å². The van der Waals surface area contributed by atoms with Crippen LogP contribution in [0.4, 0.5) is 5.69 Å². The molecule has 1 N–H and O–H groups in total. The maximum absolute atomic E-state index is 10.3. The zero-order valence-electron chi connectivity index (χ0n) is 12.0.